The monoisotopic (exact) mass is 294 g/mol. The van der Waals surface area contributed by atoms with E-state index >= 15 is 0 Å². The Balaban J connectivity index is 3.37. The van der Waals surface area contributed by atoms with Crippen molar-refractivity contribution in [2.75, 3.05) is 0 Å². The molecule has 0 aliphatic heterocycles. The van der Waals surface area contributed by atoms with Gasteiger partial charge < -0.3 is 9.84 Å². The predicted molar refractivity (Wildman–Crippen MR) is 85.6 cm³/mol. The van der Waals surface area contributed by atoms with Gasteiger partial charge in [-0.05, 0) is 28.6 Å². The van der Waals surface area contributed by atoms with Crippen LogP contribution < -0.4 is 0 Å². The Bertz CT molecular complexity index is 472. The fourth-order valence-electron chi connectivity index (χ4n) is 2.49. The summed E-state index contributed by atoms with van der Waals surface area (Å²) in [5.41, 5.74) is 0.0556. The lowest BCUT2D eigenvalue weighted by molar-refractivity contribution is -0.139. The van der Waals surface area contributed by atoms with E-state index in [2.05, 4.69) is 41.5 Å². The number of hydrogen-bond acceptors (Lipinski definition) is 3. The van der Waals surface area contributed by atoms with Gasteiger partial charge in [-0.2, -0.15) is 0 Å². The average molecular weight is 294 g/mol. The van der Waals surface area contributed by atoms with Gasteiger partial charge in [-0.25, -0.2) is 0 Å². The van der Waals surface area contributed by atoms with Crippen molar-refractivity contribution >= 4 is 5.97 Å². The maximum absolute atomic E-state index is 11.6. The molecule has 0 aromatic heterocycles. The molecule has 2 unspecified atom stereocenters. The molecule has 0 saturated heterocycles. The zero-order valence-electron chi connectivity index (χ0n) is 14.7. The first kappa shape index (κ1) is 18.0. The van der Waals surface area contributed by atoms with Crippen molar-refractivity contribution in [1.82, 2.24) is 0 Å². The van der Waals surface area contributed by atoms with Crippen LogP contribution in [0.25, 0.3) is 0 Å². The van der Waals surface area contributed by atoms with Crippen LogP contribution in [0.3, 0.4) is 0 Å². The zero-order chi connectivity index (χ0) is 16.6. The SMILES string of the molecule is CCC(=O)OC1=CC(C)(C(C)(C)C)C(O)C(C(C)(C)C)=C1. The smallest absolute Gasteiger partial charge is 0.310 e. The van der Waals surface area contributed by atoms with Crippen LogP contribution >= 0.6 is 0 Å². The molecule has 1 N–H and O–H groups in total. The van der Waals surface area contributed by atoms with E-state index in [9.17, 15) is 9.90 Å². The van der Waals surface area contributed by atoms with Gasteiger partial charge in [-0.15, -0.1) is 0 Å². The fraction of sp³-hybridized carbons (Fsp3) is 0.722. The molecule has 0 bridgehead atoms. The topological polar surface area (TPSA) is 46.5 Å². The van der Waals surface area contributed by atoms with E-state index in [1.807, 2.05) is 19.1 Å². The third kappa shape index (κ3) is 3.57. The molecule has 1 aliphatic carbocycles. The van der Waals surface area contributed by atoms with Crippen molar-refractivity contribution in [2.24, 2.45) is 16.2 Å². The Morgan fingerprint density at radius 1 is 1.29 bits per heavy atom. The minimum atomic E-state index is -0.596. The number of aliphatic hydroxyl groups excluding tert-OH is 1. The van der Waals surface area contributed by atoms with Crippen LogP contribution in [0.5, 0.6) is 0 Å². The number of esters is 1. The largest absolute Gasteiger partial charge is 0.427 e. The standard InChI is InChI=1S/C18H30O3/c1-9-14(19)21-12-10-13(16(2,3)4)15(20)18(8,11-12)17(5,6)7/h10-11,15,20H,9H2,1-8H3. The number of hydrogen-bond donors (Lipinski definition) is 1. The van der Waals surface area contributed by atoms with Crippen molar-refractivity contribution in [3.63, 3.8) is 0 Å². The fourth-order valence-corrected chi connectivity index (χ4v) is 2.49. The van der Waals surface area contributed by atoms with Crippen LogP contribution in [0.4, 0.5) is 0 Å². The van der Waals surface area contributed by atoms with Gasteiger partial charge in [-0.1, -0.05) is 55.4 Å². The molecule has 0 radical (unpaired) electrons. The molecule has 1 rings (SSSR count). The minimum Gasteiger partial charge on any atom is -0.427 e. The van der Waals surface area contributed by atoms with E-state index in [1.54, 1.807) is 6.92 Å². The van der Waals surface area contributed by atoms with Crippen molar-refractivity contribution in [3.8, 4) is 0 Å². The van der Waals surface area contributed by atoms with Gasteiger partial charge in [0.2, 0.25) is 0 Å². The average Bonchev–Trinajstić information content (AvgIpc) is 2.30. The number of allylic oxidation sites excluding steroid dienone is 1. The number of rotatable bonds is 2. The molecule has 0 heterocycles. The summed E-state index contributed by atoms with van der Waals surface area (Å²) in [4.78, 5) is 11.6. The highest BCUT2D eigenvalue weighted by Crippen LogP contribution is 2.50. The highest BCUT2D eigenvalue weighted by Gasteiger charge is 2.48. The third-order valence-corrected chi connectivity index (χ3v) is 4.60. The molecule has 0 amide bonds. The second-order valence-electron chi connectivity index (χ2n) is 8.16. The molecule has 3 heteroatoms. The second-order valence-corrected chi connectivity index (χ2v) is 8.16. The first-order chi connectivity index (χ1) is 9.33. The molecule has 0 aromatic carbocycles. The number of aliphatic hydroxyl groups is 1. The van der Waals surface area contributed by atoms with Gasteiger partial charge in [-0.3, -0.25) is 4.79 Å². The Kier molecular flexibility index (Phi) is 4.79. The van der Waals surface area contributed by atoms with Crippen molar-refractivity contribution in [1.29, 1.82) is 0 Å². The van der Waals surface area contributed by atoms with E-state index in [-0.39, 0.29) is 16.8 Å². The Morgan fingerprint density at radius 2 is 1.81 bits per heavy atom. The molecule has 0 aromatic rings. The molecule has 0 fully saturated rings. The highest BCUT2D eigenvalue weighted by atomic mass is 16.5. The molecule has 120 valence electrons. The number of ether oxygens (including phenoxy) is 1. The predicted octanol–water partition coefficient (Wildman–Crippen LogP) is 4.22. The molecule has 21 heavy (non-hydrogen) atoms. The summed E-state index contributed by atoms with van der Waals surface area (Å²) in [6, 6.07) is 0. The molecular formula is C18H30O3. The van der Waals surface area contributed by atoms with Gasteiger partial charge in [0.1, 0.15) is 5.76 Å². The normalized spacial score (nSPS) is 27.0. The first-order valence-electron chi connectivity index (χ1n) is 7.66. The van der Waals surface area contributed by atoms with Crippen LogP contribution in [-0.4, -0.2) is 17.2 Å². The minimum absolute atomic E-state index is 0.166. The Labute approximate surface area is 129 Å². The second kappa shape index (κ2) is 5.60. The summed E-state index contributed by atoms with van der Waals surface area (Å²) in [6.07, 6.45) is 3.47. The molecule has 0 saturated carbocycles. The summed E-state index contributed by atoms with van der Waals surface area (Å²) in [7, 11) is 0. The number of carbonyl (C=O) groups excluding carboxylic acids is 1. The first-order valence-corrected chi connectivity index (χ1v) is 7.66. The zero-order valence-corrected chi connectivity index (χ0v) is 14.7. The molecular weight excluding hydrogens is 264 g/mol. The molecule has 2 atom stereocenters. The van der Waals surface area contributed by atoms with E-state index in [4.69, 9.17) is 4.74 Å². The highest BCUT2D eigenvalue weighted by molar-refractivity contribution is 5.70. The summed E-state index contributed by atoms with van der Waals surface area (Å²) in [6.45, 7) is 16.3. The molecule has 1 aliphatic rings. The maximum Gasteiger partial charge on any atom is 0.310 e. The van der Waals surface area contributed by atoms with Crippen molar-refractivity contribution < 1.29 is 14.6 Å². The molecule has 3 nitrogen and oxygen atoms in total. The summed E-state index contributed by atoms with van der Waals surface area (Å²) in [5.74, 6) is 0.299. The van der Waals surface area contributed by atoms with Crippen LogP contribution in [0.2, 0.25) is 0 Å². The lowest BCUT2D eigenvalue weighted by atomic mass is 9.59. The van der Waals surface area contributed by atoms with Gasteiger partial charge >= 0.3 is 5.97 Å². The summed E-state index contributed by atoms with van der Waals surface area (Å²) >= 11 is 0. The summed E-state index contributed by atoms with van der Waals surface area (Å²) < 4.78 is 5.44. The van der Waals surface area contributed by atoms with Crippen LogP contribution in [0.1, 0.15) is 61.8 Å². The lowest BCUT2D eigenvalue weighted by Gasteiger charge is -2.48. The quantitative estimate of drug-likeness (QED) is 0.775. The van der Waals surface area contributed by atoms with Gasteiger partial charge in [0.05, 0.1) is 6.10 Å². The van der Waals surface area contributed by atoms with E-state index in [0.29, 0.717) is 12.2 Å². The van der Waals surface area contributed by atoms with E-state index in [1.165, 1.54) is 0 Å². The van der Waals surface area contributed by atoms with Crippen LogP contribution in [0.15, 0.2) is 23.5 Å². The third-order valence-electron chi connectivity index (χ3n) is 4.60. The maximum atomic E-state index is 11.6. The molecule has 0 spiro atoms. The number of carbonyl (C=O) groups is 1. The van der Waals surface area contributed by atoms with Crippen molar-refractivity contribution in [2.45, 2.75) is 67.9 Å². The van der Waals surface area contributed by atoms with Crippen molar-refractivity contribution in [3.05, 3.63) is 23.5 Å². The van der Waals surface area contributed by atoms with E-state index < -0.39 is 11.5 Å². The van der Waals surface area contributed by atoms with Gasteiger partial charge in [0.15, 0.2) is 0 Å². The summed E-state index contributed by atoms with van der Waals surface area (Å²) in [5, 5.41) is 10.9. The van der Waals surface area contributed by atoms with E-state index in [0.717, 1.165) is 5.57 Å². The lowest BCUT2D eigenvalue weighted by Crippen LogP contribution is -2.47. The Morgan fingerprint density at radius 3 is 2.19 bits per heavy atom. The van der Waals surface area contributed by atoms with Crippen LogP contribution in [-0.2, 0) is 9.53 Å². The Hall–Kier alpha value is -1.09. The van der Waals surface area contributed by atoms with Gasteiger partial charge in [0, 0.05) is 11.8 Å². The van der Waals surface area contributed by atoms with Gasteiger partial charge in [0.25, 0.3) is 0 Å². The van der Waals surface area contributed by atoms with Crippen LogP contribution in [0, 0.1) is 16.2 Å².